The molecule has 0 fully saturated rings. The second-order valence-corrected chi connectivity index (χ2v) is 4.48. The van der Waals surface area contributed by atoms with Crippen LogP contribution in [-0.2, 0) is 4.79 Å². The Kier molecular flexibility index (Phi) is 3.01. The summed E-state index contributed by atoms with van der Waals surface area (Å²) in [5.74, 6) is -0.245. The lowest BCUT2D eigenvalue weighted by atomic mass is 10.2. The fourth-order valence-corrected chi connectivity index (χ4v) is 2.16. The number of amides is 2. The molecule has 0 saturated carbocycles. The molecular weight excluding hydrogens is 276 g/mol. The van der Waals surface area contributed by atoms with Gasteiger partial charge in [0, 0.05) is 13.2 Å². The molecule has 0 aromatic carbocycles. The van der Waals surface area contributed by atoms with Crippen molar-refractivity contribution in [2.45, 2.75) is 6.04 Å². The van der Waals surface area contributed by atoms with E-state index in [2.05, 4.69) is 15.2 Å². The average Bonchev–Trinajstić information content (AvgIpc) is 2.92. The van der Waals surface area contributed by atoms with Crippen LogP contribution in [0.4, 0.5) is 5.82 Å². The van der Waals surface area contributed by atoms with Gasteiger partial charge in [0.15, 0.2) is 11.6 Å². The number of nitrogens with two attached hydrogens (primary N) is 1. The molecule has 21 heavy (non-hydrogen) atoms. The van der Waals surface area contributed by atoms with E-state index in [4.69, 9.17) is 10.5 Å². The number of hydrogen-bond donors (Lipinski definition) is 1. The molecule has 2 aromatic rings. The van der Waals surface area contributed by atoms with Gasteiger partial charge in [-0.1, -0.05) is 0 Å². The zero-order valence-electron chi connectivity index (χ0n) is 11.1. The fraction of sp³-hybridized carbons (Fsp3) is 0.250. The van der Waals surface area contributed by atoms with E-state index in [9.17, 15) is 9.59 Å². The van der Waals surface area contributed by atoms with Crippen LogP contribution in [0, 0.1) is 0 Å². The first-order valence-electron chi connectivity index (χ1n) is 6.14. The van der Waals surface area contributed by atoms with Gasteiger partial charge in [-0.05, 0) is 12.1 Å². The van der Waals surface area contributed by atoms with Crippen molar-refractivity contribution >= 4 is 17.6 Å². The summed E-state index contributed by atoms with van der Waals surface area (Å²) < 4.78 is 6.92. The van der Waals surface area contributed by atoms with E-state index in [0.29, 0.717) is 11.6 Å². The molecule has 1 aliphatic heterocycles. The molecule has 0 aliphatic carbocycles. The van der Waals surface area contributed by atoms with E-state index in [1.807, 2.05) is 0 Å². The molecule has 0 unspecified atom stereocenters. The number of ether oxygens (including phenoxy) is 1. The van der Waals surface area contributed by atoms with Gasteiger partial charge in [0.25, 0.3) is 11.8 Å². The van der Waals surface area contributed by atoms with Crippen LogP contribution in [0.5, 0.6) is 5.75 Å². The van der Waals surface area contributed by atoms with Crippen molar-refractivity contribution in [1.29, 1.82) is 0 Å². The van der Waals surface area contributed by atoms with Crippen LogP contribution in [0.15, 0.2) is 24.7 Å². The molecule has 1 aliphatic rings. The lowest BCUT2D eigenvalue weighted by Gasteiger charge is -2.19. The molecule has 108 valence electrons. The SMILES string of the molecule is CN1C(=O)[C@@H](n2cnnc2C(N)=O)COc2cccnc21. The van der Waals surface area contributed by atoms with Crippen LogP contribution >= 0.6 is 0 Å². The normalized spacial score (nSPS) is 17.9. The number of aromatic nitrogens is 4. The molecular formula is C12H12N6O3. The fourth-order valence-electron chi connectivity index (χ4n) is 2.16. The van der Waals surface area contributed by atoms with Crippen LogP contribution in [0.2, 0.25) is 0 Å². The van der Waals surface area contributed by atoms with E-state index in [1.165, 1.54) is 15.8 Å². The van der Waals surface area contributed by atoms with Crippen molar-refractivity contribution in [1.82, 2.24) is 19.7 Å². The van der Waals surface area contributed by atoms with Crippen molar-refractivity contribution in [2.75, 3.05) is 18.6 Å². The minimum atomic E-state index is -0.790. The molecule has 9 heteroatoms. The van der Waals surface area contributed by atoms with Crippen molar-refractivity contribution in [3.8, 4) is 5.75 Å². The van der Waals surface area contributed by atoms with Crippen molar-refractivity contribution < 1.29 is 14.3 Å². The van der Waals surface area contributed by atoms with Crippen molar-refractivity contribution in [2.24, 2.45) is 5.73 Å². The molecule has 0 saturated heterocycles. The van der Waals surface area contributed by atoms with E-state index in [-0.39, 0.29) is 18.3 Å². The largest absolute Gasteiger partial charge is 0.487 e. The summed E-state index contributed by atoms with van der Waals surface area (Å²) in [6.07, 6.45) is 2.85. The van der Waals surface area contributed by atoms with Gasteiger partial charge < -0.3 is 10.5 Å². The molecule has 3 heterocycles. The highest BCUT2D eigenvalue weighted by molar-refractivity contribution is 5.97. The Bertz CT molecular complexity index is 713. The third-order valence-electron chi connectivity index (χ3n) is 3.21. The smallest absolute Gasteiger partial charge is 0.286 e. The van der Waals surface area contributed by atoms with Gasteiger partial charge >= 0.3 is 0 Å². The Morgan fingerprint density at radius 1 is 1.52 bits per heavy atom. The zero-order chi connectivity index (χ0) is 15.0. The summed E-state index contributed by atoms with van der Waals surface area (Å²) in [5, 5.41) is 7.25. The predicted octanol–water partition coefficient (Wildman–Crippen LogP) is -0.632. The average molecular weight is 288 g/mol. The summed E-state index contributed by atoms with van der Waals surface area (Å²) >= 11 is 0. The number of nitrogens with zero attached hydrogens (tertiary/aromatic N) is 5. The van der Waals surface area contributed by atoms with Gasteiger partial charge in [0.2, 0.25) is 5.82 Å². The van der Waals surface area contributed by atoms with E-state index in [1.54, 1.807) is 25.4 Å². The number of carbonyl (C=O) groups is 2. The van der Waals surface area contributed by atoms with Gasteiger partial charge in [0.05, 0.1) is 0 Å². The summed E-state index contributed by atoms with van der Waals surface area (Å²) in [7, 11) is 1.59. The van der Waals surface area contributed by atoms with E-state index in [0.717, 1.165) is 0 Å². The Hall–Kier alpha value is -2.97. The molecule has 0 radical (unpaired) electrons. The third-order valence-corrected chi connectivity index (χ3v) is 3.21. The Morgan fingerprint density at radius 2 is 2.33 bits per heavy atom. The van der Waals surface area contributed by atoms with Crippen LogP contribution in [0.3, 0.4) is 0 Å². The number of anilines is 1. The molecule has 0 bridgehead atoms. The quantitative estimate of drug-likeness (QED) is 0.786. The standard InChI is InChI=1S/C12H12N6O3/c1-17-10-8(3-2-4-14-10)21-5-7(12(17)20)18-6-15-16-11(18)9(13)19/h2-4,6-7H,5H2,1H3,(H2,13,19)/t7-/m0/s1. The zero-order valence-corrected chi connectivity index (χ0v) is 11.1. The van der Waals surface area contributed by atoms with Crippen LogP contribution in [0.25, 0.3) is 0 Å². The maximum absolute atomic E-state index is 12.6. The number of carbonyl (C=O) groups excluding carboxylic acids is 2. The number of pyridine rings is 1. The summed E-state index contributed by atoms with van der Waals surface area (Å²) in [6, 6.07) is 2.64. The first-order chi connectivity index (χ1) is 10.1. The molecule has 1 atom stereocenters. The number of fused-ring (bicyclic) bond motifs is 1. The maximum atomic E-state index is 12.6. The number of hydrogen-bond acceptors (Lipinski definition) is 6. The molecule has 2 aromatic heterocycles. The first-order valence-corrected chi connectivity index (χ1v) is 6.14. The number of primary amides is 1. The second kappa shape index (κ2) is 4.85. The van der Waals surface area contributed by atoms with Crippen LogP contribution in [-0.4, -0.2) is 45.2 Å². The molecule has 3 rings (SSSR count). The lowest BCUT2D eigenvalue weighted by Crippen LogP contribution is -2.37. The van der Waals surface area contributed by atoms with E-state index >= 15 is 0 Å². The molecule has 2 amide bonds. The third kappa shape index (κ3) is 2.08. The van der Waals surface area contributed by atoms with Crippen molar-refractivity contribution in [3.63, 3.8) is 0 Å². The topological polar surface area (TPSA) is 116 Å². The summed E-state index contributed by atoms with van der Waals surface area (Å²) in [4.78, 5) is 29.4. The second-order valence-electron chi connectivity index (χ2n) is 4.48. The predicted molar refractivity (Wildman–Crippen MR) is 70.7 cm³/mol. The van der Waals surface area contributed by atoms with Gasteiger partial charge in [-0.15, -0.1) is 10.2 Å². The highest BCUT2D eigenvalue weighted by atomic mass is 16.5. The summed E-state index contributed by atoms with van der Waals surface area (Å²) in [5.41, 5.74) is 5.23. The Labute approximate surface area is 119 Å². The Balaban J connectivity index is 2.02. The highest BCUT2D eigenvalue weighted by Crippen LogP contribution is 2.30. The highest BCUT2D eigenvalue weighted by Gasteiger charge is 2.33. The number of likely N-dealkylation sites (N-methyl/N-ethyl adjacent to an activating group) is 1. The van der Waals surface area contributed by atoms with Gasteiger partial charge in [0.1, 0.15) is 19.0 Å². The van der Waals surface area contributed by atoms with E-state index < -0.39 is 11.9 Å². The van der Waals surface area contributed by atoms with Crippen molar-refractivity contribution in [3.05, 3.63) is 30.5 Å². The monoisotopic (exact) mass is 288 g/mol. The Morgan fingerprint density at radius 3 is 3.10 bits per heavy atom. The number of rotatable bonds is 2. The van der Waals surface area contributed by atoms with Gasteiger partial charge in [-0.25, -0.2) is 4.98 Å². The molecule has 9 nitrogen and oxygen atoms in total. The van der Waals surface area contributed by atoms with Crippen LogP contribution in [0.1, 0.15) is 16.7 Å². The van der Waals surface area contributed by atoms with Gasteiger partial charge in [-0.2, -0.15) is 0 Å². The molecule has 2 N–H and O–H groups in total. The summed E-state index contributed by atoms with van der Waals surface area (Å²) in [6.45, 7) is 0.0280. The lowest BCUT2D eigenvalue weighted by molar-refractivity contribution is -0.122. The van der Waals surface area contributed by atoms with Gasteiger partial charge in [-0.3, -0.25) is 19.1 Å². The maximum Gasteiger partial charge on any atom is 0.286 e. The minimum absolute atomic E-state index is 0.0280. The minimum Gasteiger partial charge on any atom is -0.487 e. The first kappa shape index (κ1) is 13.0. The molecule has 0 spiro atoms. The van der Waals surface area contributed by atoms with Crippen LogP contribution < -0.4 is 15.4 Å².